The minimum atomic E-state index is -1.25. The average molecular weight is 193 g/mol. The summed E-state index contributed by atoms with van der Waals surface area (Å²) in [5, 5.41) is 8.68. The maximum Gasteiger partial charge on any atom is 0.341 e. The first kappa shape index (κ1) is 8.49. The molecule has 0 saturated carbocycles. The number of hydrogen-bond acceptors (Lipinski definition) is 3. The number of carboxylic acids is 1. The molecule has 0 bridgehead atoms. The van der Waals surface area contributed by atoms with Gasteiger partial charge in [-0.15, -0.1) is 0 Å². The van der Waals surface area contributed by atoms with Crippen molar-refractivity contribution in [2.45, 2.75) is 0 Å². The second-order valence-electron chi connectivity index (χ2n) is 2.91. The van der Waals surface area contributed by atoms with Gasteiger partial charge in [0.2, 0.25) is 0 Å². The van der Waals surface area contributed by atoms with Gasteiger partial charge in [0, 0.05) is 7.05 Å². The SMILES string of the molecule is Cn1cnc2cc(C(=O)O)c(=O)[nH]c21. The van der Waals surface area contributed by atoms with Gasteiger partial charge >= 0.3 is 5.97 Å². The molecule has 14 heavy (non-hydrogen) atoms. The lowest BCUT2D eigenvalue weighted by Gasteiger charge is -1.95. The Morgan fingerprint density at radius 2 is 2.36 bits per heavy atom. The van der Waals surface area contributed by atoms with E-state index >= 15 is 0 Å². The fraction of sp³-hybridized carbons (Fsp3) is 0.125. The van der Waals surface area contributed by atoms with Crippen molar-refractivity contribution in [3.63, 3.8) is 0 Å². The van der Waals surface area contributed by atoms with Gasteiger partial charge in [-0.25, -0.2) is 9.78 Å². The molecule has 0 aliphatic carbocycles. The summed E-state index contributed by atoms with van der Waals surface area (Å²) >= 11 is 0. The molecule has 6 heteroatoms. The molecular weight excluding hydrogens is 186 g/mol. The van der Waals surface area contributed by atoms with Crippen molar-refractivity contribution in [1.29, 1.82) is 0 Å². The quantitative estimate of drug-likeness (QED) is 0.665. The van der Waals surface area contributed by atoms with Gasteiger partial charge in [0.25, 0.3) is 5.56 Å². The Labute approximate surface area is 77.8 Å². The summed E-state index contributed by atoms with van der Waals surface area (Å²) in [5.41, 5.74) is 0.0642. The van der Waals surface area contributed by atoms with Gasteiger partial charge in [-0.1, -0.05) is 0 Å². The van der Waals surface area contributed by atoms with Crippen LogP contribution in [-0.2, 0) is 7.05 Å². The lowest BCUT2D eigenvalue weighted by Crippen LogP contribution is -2.17. The number of carboxylic acid groups (broad SMARTS) is 1. The van der Waals surface area contributed by atoms with Gasteiger partial charge in [0.1, 0.15) is 16.7 Å². The summed E-state index contributed by atoms with van der Waals surface area (Å²) in [6.45, 7) is 0. The number of H-pyrrole nitrogens is 1. The van der Waals surface area contributed by atoms with E-state index in [2.05, 4.69) is 9.97 Å². The largest absolute Gasteiger partial charge is 0.477 e. The van der Waals surface area contributed by atoms with Crippen LogP contribution in [0.3, 0.4) is 0 Å². The van der Waals surface area contributed by atoms with Gasteiger partial charge in [0.05, 0.1) is 6.33 Å². The summed E-state index contributed by atoms with van der Waals surface area (Å²) in [4.78, 5) is 28.2. The fourth-order valence-corrected chi connectivity index (χ4v) is 1.24. The molecule has 2 heterocycles. The molecule has 0 amide bonds. The van der Waals surface area contributed by atoms with E-state index in [1.807, 2.05) is 0 Å². The monoisotopic (exact) mass is 193 g/mol. The molecule has 72 valence electrons. The van der Waals surface area contributed by atoms with Crippen molar-refractivity contribution in [2.75, 3.05) is 0 Å². The minimum absolute atomic E-state index is 0.295. The molecule has 6 nitrogen and oxygen atoms in total. The molecule has 0 aromatic carbocycles. The number of rotatable bonds is 1. The van der Waals surface area contributed by atoms with E-state index in [9.17, 15) is 9.59 Å². The van der Waals surface area contributed by atoms with Crippen LogP contribution < -0.4 is 5.56 Å². The van der Waals surface area contributed by atoms with E-state index in [-0.39, 0.29) is 5.56 Å². The molecule has 2 aromatic heterocycles. The van der Waals surface area contributed by atoms with Gasteiger partial charge in [-0.3, -0.25) is 4.79 Å². The number of nitrogens with one attached hydrogen (secondary N) is 1. The van der Waals surface area contributed by atoms with E-state index in [1.165, 1.54) is 12.4 Å². The number of carbonyl (C=O) groups is 1. The summed E-state index contributed by atoms with van der Waals surface area (Å²) in [5.74, 6) is -1.25. The number of hydrogen-bond donors (Lipinski definition) is 2. The van der Waals surface area contributed by atoms with Crippen LogP contribution in [0.4, 0.5) is 0 Å². The van der Waals surface area contributed by atoms with Gasteiger partial charge in [-0.2, -0.15) is 0 Å². The van der Waals surface area contributed by atoms with Crippen molar-refractivity contribution >= 4 is 17.1 Å². The fourth-order valence-electron chi connectivity index (χ4n) is 1.24. The highest BCUT2D eigenvalue weighted by Gasteiger charge is 2.11. The molecule has 0 saturated heterocycles. The van der Waals surface area contributed by atoms with Crippen LogP contribution in [0.1, 0.15) is 10.4 Å². The molecule has 0 fully saturated rings. The summed E-state index contributed by atoms with van der Waals surface area (Å²) in [7, 11) is 1.71. The van der Waals surface area contributed by atoms with Gasteiger partial charge in [0.15, 0.2) is 0 Å². The topological polar surface area (TPSA) is 88.0 Å². The molecule has 0 radical (unpaired) electrons. The maximum atomic E-state index is 11.2. The average Bonchev–Trinajstić information content (AvgIpc) is 2.46. The van der Waals surface area contributed by atoms with Crippen LogP contribution in [0.25, 0.3) is 11.2 Å². The highest BCUT2D eigenvalue weighted by Crippen LogP contribution is 2.07. The standard InChI is InChI=1S/C8H7N3O3/c1-11-3-9-5-2-4(8(13)14)7(12)10-6(5)11/h2-3H,1H3,(H,10,12)(H,13,14). The van der Waals surface area contributed by atoms with Crippen LogP contribution in [-0.4, -0.2) is 25.6 Å². The normalized spacial score (nSPS) is 10.6. The van der Waals surface area contributed by atoms with Crippen LogP contribution in [0.5, 0.6) is 0 Å². The third-order valence-electron chi connectivity index (χ3n) is 1.95. The first-order valence-corrected chi connectivity index (χ1v) is 3.87. The highest BCUT2D eigenvalue weighted by molar-refractivity contribution is 5.90. The molecule has 0 unspecified atom stereocenters. The number of aromatic nitrogens is 3. The van der Waals surface area contributed by atoms with Crippen LogP contribution in [0.15, 0.2) is 17.2 Å². The van der Waals surface area contributed by atoms with Gasteiger partial charge in [-0.05, 0) is 6.07 Å². The van der Waals surface area contributed by atoms with E-state index in [0.717, 1.165) is 0 Å². The zero-order valence-electron chi connectivity index (χ0n) is 7.31. The zero-order chi connectivity index (χ0) is 10.3. The number of fused-ring (bicyclic) bond motifs is 1. The molecule has 0 atom stereocenters. The molecule has 2 N–H and O–H groups in total. The zero-order valence-corrected chi connectivity index (χ0v) is 7.31. The third-order valence-corrected chi connectivity index (χ3v) is 1.95. The summed E-state index contributed by atoms with van der Waals surface area (Å²) < 4.78 is 1.61. The van der Waals surface area contributed by atoms with Crippen molar-refractivity contribution in [2.24, 2.45) is 7.05 Å². The predicted molar refractivity (Wildman–Crippen MR) is 48.3 cm³/mol. The number of imidazole rings is 1. The lowest BCUT2D eigenvalue weighted by atomic mass is 10.2. The Morgan fingerprint density at radius 1 is 1.64 bits per heavy atom. The Hall–Kier alpha value is -2.11. The predicted octanol–water partition coefficient (Wildman–Crippen LogP) is -0.0402. The van der Waals surface area contributed by atoms with Gasteiger partial charge < -0.3 is 14.7 Å². The molecule has 0 aliphatic rings. The summed E-state index contributed by atoms with van der Waals surface area (Å²) in [6, 6.07) is 1.26. The van der Waals surface area contributed by atoms with E-state index in [4.69, 9.17) is 5.11 Å². The Morgan fingerprint density at radius 3 is 3.00 bits per heavy atom. The minimum Gasteiger partial charge on any atom is -0.477 e. The Bertz CT molecular complexity index is 567. The van der Waals surface area contributed by atoms with E-state index in [1.54, 1.807) is 11.6 Å². The summed E-state index contributed by atoms with van der Waals surface area (Å²) in [6.07, 6.45) is 1.51. The van der Waals surface area contributed by atoms with Crippen molar-refractivity contribution < 1.29 is 9.90 Å². The molecular formula is C8H7N3O3. The number of nitrogens with zero attached hydrogens (tertiary/aromatic N) is 2. The Kier molecular flexibility index (Phi) is 1.63. The highest BCUT2D eigenvalue weighted by atomic mass is 16.4. The van der Waals surface area contributed by atoms with Crippen LogP contribution in [0, 0.1) is 0 Å². The number of aromatic carboxylic acids is 1. The number of pyridine rings is 1. The van der Waals surface area contributed by atoms with Crippen molar-refractivity contribution in [3.8, 4) is 0 Å². The number of aryl methyl sites for hydroxylation is 1. The first-order chi connectivity index (χ1) is 6.59. The van der Waals surface area contributed by atoms with Crippen molar-refractivity contribution in [3.05, 3.63) is 28.3 Å². The molecule has 2 aromatic rings. The van der Waals surface area contributed by atoms with Crippen molar-refractivity contribution in [1.82, 2.24) is 14.5 Å². The second-order valence-corrected chi connectivity index (χ2v) is 2.91. The van der Waals surface area contributed by atoms with Crippen LogP contribution >= 0.6 is 0 Å². The lowest BCUT2D eigenvalue weighted by molar-refractivity contribution is 0.0695. The third kappa shape index (κ3) is 1.08. The van der Waals surface area contributed by atoms with E-state index < -0.39 is 11.5 Å². The molecule has 2 rings (SSSR count). The second kappa shape index (κ2) is 2.69. The first-order valence-electron chi connectivity index (χ1n) is 3.87. The maximum absolute atomic E-state index is 11.2. The Balaban J connectivity index is 2.86. The van der Waals surface area contributed by atoms with E-state index in [0.29, 0.717) is 11.2 Å². The number of aromatic amines is 1. The smallest absolute Gasteiger partial charge is 0.341 e. The van der Waals surface area contributed by atoms with Crippen LogP contribution in [0.2, 0.25) is 0 Å². The molecule has 0 aliphatic heterocycles. The molecule has 0 spiro atoms.